The highest BCUT2D eigenvalue weighted by Crippen LogP contribution is 2.35. The van der Waals surface area contributed by atoms with Crippen LogP contribution in [-0.4, -0.2) is 13.0 Å². The van der Waals surface area contributed by atoms with Gasteiger partial charge in [0, 0.05) is 7.11 Å². The van der Waals surface area contributed by atoms with Gasteiger partial charge < -0.3 is 10.1 Å². The maximum Gasteiger partial charge on any atom is 0.418 e. The predicted octanol–water partition coefficient (Wildman–Crippen LogP) is 4.17. The monoisotopic (exact) mass is 327 g/mol. The van der Waals surface area contributed by atoms with E-state index in [2.05, 4.69) is 5.32 Å². The second-order valence-electron chi connectivity index (χ2n) is 4.70. The summed E-state index contributed by atoms with van der Waals surface area (Å²) in [7, 11) is 1.27. The van der Waals surface area contributed by atoms with Gasteiger partial charge in [-0.1, -0.05) is 30.3 Å². The van der Waals surface area contributed by atoms with Gasteiger partial charge in [0.25, 0.3) is 5.91 Å². The lowest BCUT2D eigenvalue weighted by Gasteiger charge is -2.18. The molecule has 23 heavy (non-hydrogen) atoms. The molecule has 0 spiro atoms. The number of amides is 1. The zero-order valence-electron chi connectivity index (χ0n) is 12.0. The van der Waals surface area contributed by atoms with E-state index in [0.29, 0.717) is 11.6 Å². The number of nitrogens with one attached hydrogen (secondary N) is 1. The number of hydrogen-bond donors (Lipinski definition) is 1. The summed E-state index contributed by atoms with van der Waals surface area (Å²) < 4.78 is 56.9. The number of rotatable bonds is 4. The first-order chi connectivity index (χ1) is 10.8. The van der Waals surface area contributed by atoms with Gasteiger partial charge in [0.2, 0.25) is 0 Å². The molecule has 1 atom stereocenters. The molecule has 122 valence electrons. The Morgan fingerprint density at radius 3 is 2.35 bits per heavy atom. The lowest BCUT2D eigenvalue weighted by molar-refractivity contribution is -0.137. The molecule has 0 aromatic heterocycles. The third-order valence-electron chi connectivity index (χ3n) is 3.12. The Bertz CT molecular complexity index is 686. The Morgan fingerprint density at radius 2 is 1.78 bits per heavy atom. The number of carbonyl (C=O) groups is 1. The highest BCUT2D eigenvalue weighted by atomic mass is 19.4. The maximum atomic E-state index is 13.1. The fourth-order valence-corrected chi connectivity index (χ4v) is 2.08. The molecule has 0 fully saturated rings. The minimum Gasteiger partial charge on any atom is -0.367 e. The van der Waals surface area contributed by atoms with Gasteiger partial charge in [-0.05, 0) is 23.8 Å². The van der Waals surface area contributed by atoms with Crippen LogP contribution in [-0.2, 0) is 15.7 Å². The van der Waals surface area contributed by atoms with Gasteiger partial charge in [0.1, 0.15) is 5.82 Å². The average molecular weight is 327 g/mol. The number of ether oxygens (including phenoxy) is 1. The smallest absolute Gasteiger partial charge is 0.367 e. The lowest BCUT2D eigenvalue weighted by Crippen LogP contribution is -2.24. The first-order valence-electron chi connectivity index (χ1n) is 6.58. The Morgan fingerprint density at radius 1 is 1.13 bits per heavy atom. The SMILES string of the molecule is COC(C(=O)Nc1ccc(F)cc1C(F)(F)F)c1ccccc1. The second-order valence-corrected chi connectivity index (χ2v) is 4.70. The van der Waals surface area contributed by atoms with Crippen molar-refractivity contribution in [3.63, 3.8) is 0 Å². The number of carbonyl (C=O) groups excluding carboxylic acids is 1. The first-order valence-corrected chi connectivity index (χ1v) is 6.58. The van der Waals surface area contributed by atoms with Crippen molar-refractivity contribution < 1.29 is 27.1 Å². The van der Waals surface area contributed by atoms with Gasteiger partial charge in [-0.3, -0.25) is 4.79 Å². The molecule has 2 rings (SSSR count). The van der Waals surface area contributed by atoms with Crippen molar-refractivity contribution in [1.82, 2.24) is 0 Å². The van der Waals surface area contributed by atoms with Crippen LogP contribution in [0.25, 0.3) is 0 Å². The van der Waals surface area contributed by atoms with Crippen molar-refractivity contribution in [3.8, 4) is 0 Å². The molecule has 0 aliphatic rings. The molecule has 0 aliphatic carbocycles. The van der Waals surface area contributed by atoms with Crippen molar-refractivity contribution in [3.05, 3.63) is 65.5 Å². The van der Waals surface area contributed by atoms with Gasteiger partial charge in [-0.2, -0.15) is 13.2 Å². The molecule has 0 aliphatic heterocycles. The van der Waals surface area contributed by atoms with Gasteiger partial charge in [0.15, 0.2) is 6.10 Å². The molecule has 1 amide bonds. The maximum absolute atomic E-state index is 13.1. The van der Waals surface area contributed by atoms with Gasteiger partial charge >= 0.3 is 6.18 Å². The van der Waals surface area contributed by atoms with Crippen LogP contribution in [0.5, 0.6) is 0 Å². The number of alkyl halides is 3. The van der Waals surface area contributed by atoms with E-state index < -0.39 is 35.3 Å². The minimum absolute atomic E-state index is 0.333. The van der Waals surface area contributed by atoms with Crippen molar-refractivity contribution in [2.45, 2.75) is 12.3 Å². The summed E-state index contributed by atoms with van der Waals surface area (Å²) in [6.45, 7) is 0. The summed E-state index contributed by atoms with van der Waals surface area (Å²) in [5.74, 6) is -1.82. The van der Waals surface area contributed by atoms with Crippen LogP contribution in [0, 0.1) is 5.82 Å². The fourth-order valence-electron chi connectivity index (χ4n) is 2.08. The van der Waals surface area contributed by atoms with Crippen LogP contribution < -0.4 is 5.32 Å². The largest absolute Gasteiger partial charge is 0.418 e. The average Bonchev–Trinajstić information content (AvgIpc) is 2.50. The number of anilines is 1. The zero-order chi connectivity index (χ0) is 17.0. The molecule has 0 radical (unpaired) electrons. The van der Waals surface area contributed by atoms with Crippen LogP contribution >= 0.6 is 0 Å². The van der Waals surface area contributed by atoms with Crippen molar-refractivity contribution in [1.29, 1.82) is 0 Å². The van der Waals surface area contributed by atoms with Crippen molar-refractivity contribution in [2.24, 2.45) is 0 Å². The number of halogens is 4. The Kier molecular flexibility index (Phi) is 5.00. The molecular formula is C16H13F4NO2. The van der Waals surface area contributed by atoms with E-state index in [1.807, 2.05) is 0 Å². The standard InChI is InChI=1S/C16H13F4NO2/c1-23-14(10-5-3-2-4-6-10)15(22)21-13-8-7-11(17)9-12(13)16(18,19)20/h2-9,14H,1H3,(H,21,22). The molecule has 2 aromatic carbocycles. The zero-order valence-corrected chi connectivity index (χ0v) is 12.0. The van der Waals surface area contributed by atoms with E-state index in [4.69, 9.17) is 4.74 Å². The summed E-state index contributed by atoms with van der Waals surface area (Å²) in [4.78, 5) is 12.2. The van der Waals surface area contributed by atoms with Gasteiger partial charge in [-0.25, -0.2) is 4.39 Å². The Hall–Kier alpha value is -2.41. The van der Waals surface area contributed by atoms with E-state index in [1.165, 1.54) is 7.11 Å². The topological polar surface area (TPSA) is 38.3 Å². The lowest BCUT2D eigenvalue weighted by atomic mass is 10.1. The Balaban J connectivity index is 2.30. The summed E-state index contributed by atoms with van der Waals surface area (Å²) in [5, 5.41) is 2.14. The van der Waals surface area contributed by atoms with Gasteiger partial charge in [0.05, 0.1) is 11.3 Å². The molecule has 0 heterocycles. The van der Waals surface area contributed by atoms with E-state index in [1.54, 1.807) is 30.3 Å². The highest BCUT2D eigenvalue weighted by molar-refractivity contribution is 5.95. The van der Waals surface area contributed by atoms with Crippen LogP contribution in [0.4, 0.5) is 23.2 Å². The molecular weight excluding hydrogens is 314 g/mol. The molecule has 1 N–H and O–H groups in total. The molecule has 0 bridgehead atoms. The Labute approximate surface area is 129 Å². The van der Waals surface area contributed by atoms with E-state index >= 15 is 0 Å². The summed E-state index contributed by atoms with van der Waals surface area (Å²) in [6, 6.07) is 10.4. The third kappa shape index (κ3) is 4.07. The molecule has 0 saturated carbocycles. The minimum atomic E-state index is -4.79. The highest BCUT2D eigenvalue weighted by Gasteiger charge is 2.35. The summed E-state index contributed by atoms with van der Waals surface area (Å²) in [5.41, 5.74) is -1.29. The molecule has 0 saturated heterocycles. The van der Waals surface area contributed by atoms with Crippen LogP contribution in [0.3, 0.4) is 0 Å². The molecule has 2 aromatic rings. The summed E-state index contributed by atoms with van der Waals surface area (Å²) >= 11 is 0. The predicted molar refractivity (Wildman–Crippen MR) is 76.2 cm³/mol. The first kappa shape index (κ1) is 17.0. The van der Waals surface area contributed by atoms with E-state index in [0.717, 1.165) is 12.1 Å². The van der Waals surface area contributed by atoms with E-state index in [-0.39, 0.29) is 0 Å². The van der Waals surface area contributed by atoms with Crippen molar-refractivity contribution >= 4 is 11.6 Å². The quantitative estimate of drug-likeness (QED) is 0.856. The van der Waals surface area contributed by atoms with Gasteiger partial charge in [-0.15, -0.1) is 0 Å². The van der Waals surface area contributed by atoms with Crippen LogP contribution in [0.2, 0.25) is 0 Å². The fraction of sp³-hybridized carbons (Fsp3) is 0.188. The van der Waals surface area contributed by atoms with E-state index in [9.17, 15) is 22.4 Å². The third-order valence-corrected chi connectivity index (χ3v) is 3.12. The normalized spacial score (nSPS) is 12.7. The second kappa shape index (κ2) is 6.78. The van der Waals surface area contributed by atoms with Crippen LogP contribution in [0.1, 0.15) is 17.2 Å². The number of hydrogen-bond acceptors (Lipinski definition) is 2. The molecule has 7 heteroatoms. The molecule has 3 nitrogen and oxygen atoms in total. The van der Waals surface area contributed by atoms with Crippen molar-refractivity contribution in [2.75, 3.05) is 12.4 Å². The number of benzene rings is 2. The summed E-state index contributed by atoms with van der Waals surface area (Å²) in [6.07, 6.45) is -5.87. The molecule has 1 unspecified atom stereocenters. The van der Waals surface area contributed by atoms with Crippen LogP contribution in [0.15, 0.2) is 48.5 Å². The number of methoxy groups -OCH3 is 1.